The highest BCUT2D eigenvalue weighted by Gasteiger charge is 2.20. The first-order valence-corrected chi connectivity index (χ1v) is 5.62. The van der Waals surface area contributed by atoms with E-state index < -0.39 is 0 Å². The van der Waals surface area contributed by atoms with Crippen molar-refractivity contribution in [3.63, 3.8) is 0 Å². The summed E-state index contributed by atoms with van der Waals surface area (Å²) in [7, 11) is 0. The molecule has 0 radical (unpaired) electrons. The van der Waals surface area contributed by atoms with Crippen molar-refractivity contribution >= 4 is 0 Å². The Morgan fingerprint density at radius 1 is 1.23 bits per heavy atom. The molecule has 0 amide bonds. The Kier molecular flexibility index (Phi) is 4.51. The zero-order valence-electron chi connectivity index (χ0n) is 9.05. The molecule has 0 spiro atoms. The maximum absolute atomic E-state index is 3.80. The second-order valence-corrected chi connectivity index (χ2v) is 4.38. The summed E-state index contributed by atoms with van der Waals surface area (Å²) in [5.74, 6) is 0.899. The van der Waals surface area contributed by atoms with Crippen LogP contribution in [0.4, 0.5) is 0 Å². The Labute approximate surface area is 82.6 Å². The van der Waals surface area contributed by atoms with Crippen LogP contribution < -0.4 is 5.32 Å². The quantitative estimate of drug-likeness (QED) is 0.657. The molecular formula is C12H23N. The topological polar surface area (TPSA) is 12.0 Å². The average Bonchev–Trinajstić information content (AvgIpc) is 2.19. The van der Waals surface area contributed by atoms with Gasteiger partial charge in [-0.3, -0.25) is 0 Å². The lowest BCUT2D eigenvalue weighted by atomic mass is 9.84. The van der Waals surface area contributed by atoms with Gasteiger partial charge in [0.2, 0.25) is 0 Å². The van der Waals surface area contributed by atoms with Crippen LogP contribution in [0.1, 0.15) is 46.0 Å². The molecule has 1 nitrogen and oxygen atoms in total. The second kappa shape index (κ2) is 5.43. The van der Waals surface area contributed by atoms with Gasteiger partial charge in [-0.15, -0.1) is 6.58 Å². The van der Waals surface area contributed by atoms with Crippen LogP contribution in [0, 0.1) is 5.92 Å². The van der Waals surface area contributed by atoms with E-state index >= 15 is 0 Å². The Bertz CT molecular complexity index is 147. The van der Waals surface area contributed by atoms with Crippen LogP contribution in [0.3, 0.4) is 0 Å². The van der Waals surface area contributed by atoms with E-state index in [0.717, 1.165) is 5.92 Å². The number of hydrogen-bond acceptors (Lipinski definition) is 1. The molecule has 0 saturated heterocycles. The minimum Gasteiger partial charge on any atom is -0.308 e. The van der Waals surface area contributed by atoms with Gasteiger partial charge in [-0.05, 0) is 32.6 Å². The van der Waals surface area contributed by atoms with Crippen molar-refractivity contribution in [2.45, 2.75) is 58.0 Å². The normalized spacial score (nSPS) is 23.8. The molecule has 13 heavy (non-hydrogen) atoms. The van der Waals surface area contributed by atoms with E-state index in [2.05, 4.69) is 25.7 Å². The molecular weight excluding hydrogens is 158 g/mol. The van der Waals surface area contributed by atoms with Gasteiger partial charge < -0.3 is 5.32 Å². The van der Waals surface area contributed by atoms with Crippen LogP contribution in [0.5, 0.6) is 0 Å². The molecule has 0 aromatic carbocycles. The third kappa shape index (κ3) is 3.51. The summed E-state index contributed by atoms with van der Waals surface area (Å²) >= 11 is 0. The molecule has 1 N–H and O–H groups in total. The molecule has 1 heteroatoms. The molecule has 1 unspecified atom stereocenters. The molecule has 0 aromatic heterocycles. The summed E-state index contributed by atoms with van der Waals surface area (Å²) in [5, 5.41) is 3.58. The molecule has 0 aliphatic heterocycles. The highest BCUT2D eigenvalue weighted by molar-refractivity contribution is 4.86. The fourth-order valence-electron chi connectivity index (χ4n) is 2.25. The van der Waals surface area contributed by atoms with E-state index in [1.54, 1.807) is 0 Å². The van der Waals surface area contributed by atoms with Gasteiger partial charge in [-0.2, -0.15) is 0 Å². The molecule has 1 aliphatic rings. The molecule has 1 fully saturated rings. The minimum absolute atomic E-state index is 0.455. The molecule has 1 saturated carbocycles. The van der Waals surface area contributed by atoms with E-state index in [9.17, 15) is 0 Å². The second-order valence-electron chi connectivity index (χ2n) is 4.38. The first-order valence-electron chi connectivity index (χ1n) is 5.62. The van der Waals surface area contributed by atoms with Crippen LogP contribution in [0.2, 0.25) is 0 Å². The Balaban J connectivity index is 2.28. The monoisotopic (exact) mass is 181 g/mol. The Morgan fingerprint density at radius 2 is 1.85 bits per heavy atom. The Morgan fingerprint density at radius 3 is 2.38 bits per heavy atom. The van der Waals surface area contributed by atoms with Gasteiger partial charge in [0.15, 0.2) is 0 Å². The summed E-state index contributed by atoms with van der Waals surface area (Å²) in [4.78, 5) is 0. The van der Waals surface area contributed by atoms with Crippen molar-refractivity contribution in [2.24, 2.45) is 5.92 Å². The van der Waals surface area contributed by atoms with Gasteiger partial charge in [0, 0.05) is 12.1 Å². The van der Waals surface area contributed by atoms with E-state index in [4.69, 9.17) is 0 Å². The van der Waals surface area contributed by atoms with Crippen molar-refractivity contribution in [1.82, 2.24) is 5.32 Å². The maximum atomic E-state index is 3.80. The summed E-state index contributed by atoms with van der Waals surface area (Å²) in [5.41, 5.74) is 0. The van der Waals surface area contributed by atoms with E-state index in [-0.39, 0.29) is 0 Å². The number of hydrogen-bond donors (Lipinski definition) is 1. The third-order valence-corrected chi connectivity index (χ3v) is 3.24. The molecule has 0 aromatic rings. The lowest BCUT2D eigenvalue weighted by molar-refractivity contribution is 0.275. The molecule has 0 heterocycles. The summed E-state index contributed by atoms with van der Waals surface area (Å²) in [6.07, 6.45) is 9.12. The molecule has 0 bridgehead atoms. The minimum atomic E-state index is 0.455. The van der Waals surface area contributed by atoms with Gasteiger partial charge in [0.1, 0.15) is 0 Å². The van der Waals surface area contributed by atoms with Gasteiger partial charge in [0.25, 0.3) is 0 Å². The lowest BCUT2D eigenvalue weighted by Crippen LogP contribution is -2.39. The highest BCUT2D eigenvalue weighted by atomic mass is 14.9. The summed E-state index contributed by atoms with van der Waals surface area (Å²) in [6, 6.07) is 1.12. The number of rotatable bonds is 4. The van der Waals surface area contributed by atoms with Crippen molar-refractivity contribution in [1.29, 1.82) is 0 Å². The Hall–Kier alpha value is -0.300. The summed E-state index contributed by atoms with van der Waals surface area (Å²) < 4.78 is 0. The van der Waals surface area contributed by atoms with Crippen LogP contribution in [0.25, 0.3) is 0 Å². The van der Waals surface area contributed by atoms with Gasteiger partial charge in [-0.1, -0.05) is 25.3 Å². The molecule has 1 rings (SSSR count). The molecule has 76 valence electrons. The van der Waals surface area contributed by atoms with Crippen molar-refractivity contribution in [2.75, 3.05) is 0 Å². The van der Waals surface area contributed by atoms with Gasteiger partial charge in [-0.25, -0.2) is 0 Å². The van der Waals surface area contributed by atoms with Crippen LogP contribution in [-0.4, -0.2) is 12.1 Å². The standard InChI is InChI=1S/C12H23N/c1-4-10(2)13-11(3)12-8-6-5-7-9-12/h4,10-13H,1,5-9H2,2-3H3/t10?,11-/m1/s1. The first kappa shape index (κ1) is 10.8. The van der Waals surface area contributed by atoms with Crippen LogP contribution in [-0.2, 0) is 0 Å². The summed E-state index contributed by atoms with van der Waals surface area (Å²) in [6.45, 7) is 8.28. The average molecular weight is 181 g/mol. The van der Waals surface area contributed by atoms with E-state index in [1.807, 2.05) is 6.08 Å². The predicted molar refractivity (Wildman–Crippen MR) is 58.8 cm³/mol. The fraction of sp³-hybridized carbons (Fsp3) is 0.833. The molecule has 1 aliphatic carbocycles. The fourth-order valence-corrected chi connectivity index (χ4v) is 2.25. The molecule has 2 atom stereocenters. The SMILES string of the molecule is C=CC(C)N[C@H](C)C1CCCCC1. The van der Waals surface area contributed by atoms with E-state index in [1.165, 1.54) is 32.1 Å². The van der Waals surface area contributed by atoms with Crippen molar-refractivity contribution in [3.8, 4) is 0 Å². The zero-order valence-corrected chi connectivity index (χ0v) is 9.05. The smallest absolute Gasteiger partial charge is 0.0221 e. The largest absolute Gasteiger partial charge is 0.308 e. The zero-order chi connectivity index (χ0) is 9.68. The third-order valence-electron chi connectivity index (χ3n) is 3.24. The van der Waals surface area contributed by atoms with Crippen molar-refractivity contribution in [3.05, 3.63) is 12.7 Å². The lowest BCUT2D eigenvalue weighted by Gasteiger charge is -2.29. The van der Waals surface area contributed by atoms with Crippen LogP contribution in [0.15, 0.2) is 12.7 Å². The van der Waals surface area contributed by atoms with Gasteiger partial charge >= 0.3 is 0 Å². The highest BCUT2D eigenvalue weighted by Crippen LogP contribution is 2.26. The number of nitrogens with one attached hydrogen (secondary N) is 1. The maximum Gasteiger partial charge on any atom is 0.0221 e. The first-order chi connectivity index (χ1) is 6.24. The van der Waals surface area contributed by atoms with Crippen LogP contribution >= 0.6 is 0 Å². The van der Waals surface area contributed by atoms with Crippen molar-refractivity contribution < 1.29 is 0 Å². The van der Waals surface area contributed by atoms with Gasteiger partial charge in [0.05, 0.1) is 0 Å². The van der Waals surface area contributed by atoms with E-state index in [0.29, 0.717) is 12.1 Å². The predicted octanol–water partition coefficient (Wildman–Crippen LogP) is 3.12.